The van der Waals surface area contributed by atoms with E-state index in [1.54, 1.807) is 12.3 Å². The lowest BCUT2D eigenvalue weighted by Gasteiger charge is -2.07. The molecule has 0 fully saturated rings. The molecule has 1 rings (SSSR count). The van der Waals surface area contributed by atoms with E-state index in [-0.39, 0.29) is 0 Å². The molecule has 12 heavy (non-hydrogen) atoms. The molecule has 0 bridgehead atoms. The smallest absolute Gasteiger partial charge is 0.239 e. The van der Waals surface area contributed by atoms with Crippen LogP contribution in [0, 0.1) is 0 Å². The van der Waals surface area contributed by atoms with E-state index in [0.29, 0.717) is 23.9 Å². The monoisotopic (exact) mass is 167 g/mol. The van der Waals surface area contributed by atoms with Crippen LogP contribution in [0.4, 0.5) is 11.4 Å². The first kappa shape index (κ1) is 8.64. The SMILES string of the molecule is CCCOc1nccc(N)c1N. The van der Waals surface area contributed by atoms with Crippen LogP contribution >= 0.6 is 0 Å². The highest BCUT2D eigenvalue weighted by molar-refractivity contribution is 5.67. The number of anilines is 2. The molecule has 4 heteroatoms. The van der Waals surface area contributed by atoms with Gasteiger partial charge in [0.15, 0.2) is 0 Å². The highest BCUT2D eigenvalue weighted by Crippen LogP contribution is 2.23. The van der Waals surface area contributed by atoms with E-state index in [0.717, 1.165) is 6.42 Å². The topological polar surface area (TPSA) is 74.2 Å². The summed E-state index contributed by atoms with van der Waals surface area (Å²) in [4.78, 5) is 3.95. The Morgan fingerprint density at radius 2 is 2.25 bits per heavy atom. The largest absolute Gasteiger partial charge is 0.476 e. The van der Waals surface area contributed by atoms with Gasteiger partial charge < -0.3 is 16.2 Å². The Morgan fingerprint density at radius 3 is 2.92 bits per heavy atom. The summed E-state index contributed by atoms with van der Waals surface area (Å²) in [5.41, 5.74) is 12.1. The van der Waals surface area contributed by atoms with Crippen LogP contribution in [0.1, 0.15) is 13.3 Å². The van der Waals surface area contributed by atoms with Crippen molar-refractivity contribution in [3.63, 3.8) is 0 Å². The fourth-order valence-electron chi connectivity index (χ4n) is 0.782. The van der Waals surface area contributed by atoms with Gasteiger partial charge in [-0.1, -0.05) is 6.92 Å². The maximum absolute atomic E-state index is 5.61. The molecular weight excluding hydrogens is 154 g/mol. The van der Waals surface area contributed by atoms with Gasteiger partial charge in [0.2, 0.25) is 5.88 Å². The first-order valence-corrected chi connectivity index (χ1v) is 3.88. The van der Waals surface area contributed by atoms with Crippen LogP contribution in [-0.2, 0) is 0 Å². The molecule has 1 heterocycles. The fourth-order valence-corrected chi connectivity index (χ4v) is 0.782. The van der Waals surface area contributed by atoms with Gasteiger partial charge >= 0.3 is 0 Å². The zero-order valence-electron chi connectivity index (χ0n) is 7.08. The van der Waals surface area contributed by atoms with Crippen molar-refractivity contribution in [2.45, 2.75) is 13.3 Å². The maximum Gasteiger partial charge on any atom is 0.239 e. The van der Waals surface area contributed by atoms with Crippen molar-refractivity contribution in [1.82, 2.24) is 4.98 Å². The highest BCUT2D eigenvalue weighted by Gasteiger charge is 2.03. The number of hydrogen-bond acceptors (Lipinski definition) is 4. The molecule has 0 saturated heterocycles. The Labute approximate surface area is 71.5 Å². The Hall–Kier alpha value is -1.45. The van der Waals surface area contributed by atoms with Crippen LogP contribution in [0.15, 0.2) is 12.3 Å². The fraction of sp³-hybridized carbons (Fsp3) is 0.375. The molecular formula is C8H13N3O. The van der Waals surface area contributed by atoms with Crippen LogP contribution in [0.3, 0.4) is 0 Å². The second-order valence-electron chi connectivity index (χ2n) is 2.47. The van der Waals surface area contributed by atoms with Gasteiger partial charge in [-0.15, -0.1) is 0 Å². The predicted molar refractivity (Wildman–Crippen MR) is 48.8 cm³/mol. The molecule has 1 aromatic heterocycles. The van der Waals surface area contributed by atoms with Crippen molar-refractivity contribution in [3.8, 4) is 5.88 Å². The van der Waals surface area contributed by atoms with Crippen molar-refractivity contribution < 1.29 is 4.74 Å². The lowest BCUT2D eigenvalue weighted by atomic mass is 10.3. The Kier molecular flexibility index (Phi) is 2.74. The Bertz CT molecular complexity index is 262. The first-order valence-electron chi connectivity index (χ1n) is 3.88. The second kappa shape index (κ2) is 3.80. The molecule has 0 aliphatic heterocycles. The number of rotatable bonds is 3. The first-order chi connectivity index (χ1) is 5.75. The van der Waals surface area contributed by atoms with Crippen molar-refractivity contribution in [2.75, 3.05) is 18.1 Å². The minimum absolute atomic E-state index is 0.422. The van der Waals surface area contributed by atoms with Gasteiger partial charge in [0.1, 0.15) is 5.69 Å². The van der Waals surface area contributed by atoms with Crippen LogP contribution in [0.5, 0.6) is 5.88 Å². The van der Waals surface area contributed by atoms with Crippen LogP contribution in [0.2, 0.25) is 0 Å². The number of ether oxygens (including phenoxy) is 1. The molecule has 66 valence electrons. The van der Waals surface area contributed by atoms with E-state index >= 15 is 0 Å². The molecule has 4 nitrogen and oxygen atoms in total. The van der Waals surface area contributed by atoms with Gasteiger partial charge in [-0.05, 0) is 12.5 Å². The molecule has 0 spiro atoms. The summed E-state index contributed by atoms with van der Waals surface area (Å²) in [5, 5.41) is 0. The number of aromatic nitrogens is 1. The van der Waals surface area contributed by atoms with Gasteiger partial charge in [0.05, 0.1) is 12.3 Å². The van der Waals surface area contributed by atoms with Crippen LogP contribution in [-0.4, -0.2) is 11.6 Å². The van der Waals surface area contributed by atoms with E-state index in [4.69, 9.17) is 16.2 Å². The van der Waals surface area contributed by atoms with E-state index in [1.165, 1.54) is 0 Å². The van der Waals surface area contributed by atoms with Crippen LogP contribution in [0.25, 0.3) is 0 Å². The Balaban J connectivity index is 2.78. The van der Waals surface area contributed by atoms with Gasteiger partial charge in [-0.2, -0.15) is 0 Å². The lowest BCUT2D eigenvalue weighted by Crippen LogP contribution is -2.03. The third-order valence-electron chi connectivity index (χ3n) is 1.43. The third-order valence-corrected chi connectivity index (χ3v) is 1.43. The quantitative estimate of drug-likeness (QED) is 0.705. The van der Waals surface area contributed by atoms with Gasteiger partial charge in [0.25, 0.3) is 0 Å². The van der Waals surface area contributed by atoms with E-state index < -0.39 is 0 Å². The van der Waals surface area contributed by atoms with Crippen molar-refractivity contribution in [1.29, 1.82) is 0 Å². The van der Waals surface area contributed by atoms with Gasteiger partial charge in [-0.25, -0.2) is 4.98 Å². The molecule has 0 aliphatic carbocycles. The number of nitrogens with zero attached hydrogens (tertiary/aromatic N) is 1. The van der Waals surface area contributed by atoms with Crippen molar-refractivity contribution in [2.24, 2.45) is 0 Å². The number of nitrogens with two attached hydrogens (primary N) is 2. The summed E-state index contributed by atoms with van der Waals surface area (Å²) in [6, 6.07) is 1.65. The lowest BCUT2D eigenvalue weighted by molar-refractivity contribution is 0.307. The third kappa shape index (κ3) is 1.78. The molecule has 0 saturated carbocycles. The minimum Gasteiger partial charge on any atom is -0.476 e. The minimum atomic E-state index is 0.422. The molecule has 0 atom stereocenters. The number of nitrogen functional groups attached to an aromatic ring is 2. The molecule has 0 unspecified atom stereocenters. The summed E-state index contributed by atoms with van der Waals surface area (Å²) >= 11 is 0. The second-order valence-corrected chi connectivity index (χ2v) is 2.47. The number of hydrogen-bond donors (Lipinski definition) is 2. The van der Waals surface area contributed by atoms with Gasteiger partial charge in [-0.3, -0.25) is 0 Å². The standard InChI is InChI=1S/C8H13N3O/c1-2-5-12-8-7(10)6(9)3-4-11-8/h3-4H,2,5,10H2,1H3,(H2,9,11). The van der Waals surface area contributed by atoms with E-state index in [9.17, 15) is 0 Å². The molecule has 0 radical (unpaired) electrons. The van der Waals surface area contributed by atoms with E-state index in [1.807, 2.05) is 6.92 Å². The summed E-state index contributed by atoms with van der Waals surface area (Å²) < 4.78 is 5.25. The average molecular weight is 167 g/mol. The summed E-state index contributed by atoms with van der Waals surface area (Å²) in [6.45, 7) is 2.63. The summed E-state index contributed by atoms with van der Waals surface area (Å²) in [5.74, 6) is 0.428. The molecule has 4 N–H and O–H groups in total. The Morgan fingerprint density at radius 1 is 1.50 bits per heavy atom. The predicted octanol–water partition coefficient (Wildman–Crippen LogP) is 1.03. The molecule has 0 aliphatic rings. The maximum atomic E-state index is 5.61. The van der Waals surface area contributed by atoms with Crippen molar-refractivity contribution >= 4 is 11.4 Å². The van der Waals surface area contributed by atoms with E-state index in [2.05, 4.69) is 4.98 Å². The zero-order valence-corrected chi connectivity index (χ0v) is 7.08. The van der Waals surface area contributed by atoms with Crippen LogP contribution < -0.4 is 16.2 Å². The number of pyridine rings is 1. The zero-order chi connectivity index (χ0) is 8.97. The molecule has 0 aromatic carbocycles. The van der Waals surface area contributed by atoms with Crippen molar-refractivity contribution in [3.05, 3.63) is 12.3 Å². The van der Waals surface area contributed by atoms with Gasteiger partial charge in [0, 0.05) is 6.20 Å². The average Bonchev–Trinajstić information content (AvgIpc) is 2.08. The molecule has 1 aromatic rings. The normalized spacial score (nSPS) is 9.75. The summed E-state index contributed by atoms with van der Waals surface area (Å²) in [6.07, 6.45) is 2.51. The molecule has 0 amide bonds. The highest BCUT2D eigenvalue weighted by atomic mass is 16.5. The summed E-state index contributed by atoms with van der Waals surface area (Å²) in [7, 11) is 0.